The van der Waals surface area contributed by atoms with Crippen molar-refractivity contribution in [3.05, 3.63) is 42.0 Å². The number of ether oxygens (including phenoxy) is 4. The molecule has 2 unspecified atom stereocenters. The summed E-state index contributed by atoms with van der Waals surface area (Å²) in [5, 5.41) is 13.1. The van der Waals surface area contributed by atoms with Crippen molar-refractivity contribution < 1.29 is 32.7 Å². The van der Waals surface area contributed by atoms with Crippen molar-refractivity contribution in [1.82, 2.24) is 9.97 Å². The van der Waals surface area contributed by atoms with Gasteiger partial charge >= 0.3 is 0 Å². The maximum absolute atomic E-state index is 14.2. The normalized spacial score (nSPS) is 22.5. The molecular weight excluding hydrogens is 503 g/mol. The molecule has 5 rings (SSSR count). The fraction of sp³-hybridized carbons (Fsp3) is 0.440. The SMILES string of the molecule is COc1c(N=S(C)(=O)CCO)cc2ncnc(Nc3ccc(F)cc3OC3CO[C@@H]4CCO[C@H]34)c2c1C. The van der Waals surface area contributed by atoms with Gasteiger partial charge in [-0.05, 0) is 31.5 Å². The van der Waals surface area contributed by atoms with E-state index in [-0.39, 0.29) is 30.7 Å². The molecule has 0 aliphatic carbocycles. The molecule has 2 aliphatic heterocycles. The fourth-order valence-electron chi connectivity index (χ4n) is 4.74. The van der Waals surface area contributed by atoms with Gasteiger partial charge in [0, 0.05) is 29.9 Å². The van der Waals surface area contributed by atoms with Crippen molar-refractivity contribution in [3.8, 4) is 11.5 Å². The average Bonchev–Trinajstić information content (AvgIpc) is 3.46. The monoisotopic (exact) mass is 532 g/mol. The second-order valence-electron chi connectivity index (χ2n) is 9.07. The van der Waals surface area contributed by atoms with Gasteiger partial charge in [0.1, 0.15) is 41.3 Å². The number of fused-ring (bicyclic) bond motifs is 2. The Bertz CT molecular complexity index is 1440. The van der Waals surface area contributed by atoms with E-state index in [2.05, 4.69) is 19.6 Å². The van der Waals surface area contributed by atoms with Crippen LogP contribution in [-0.4, -0.2) is 76.5 Å². The quantitative estimate of drug-likeness (QED) is 0.449. The summed E-state index contributed by atoms with van der Waals surface area (Å²) >= 11 is 0. The first-order chi connectivity index (χ1) is 17.8. The molecule has 37 heavy (non-hydrogen) atoms. The Morgan fingerprint density at radius 3 is 2.92 bits per heavy atom. The van der Waals surface area contributed by atoms with Gasteiger partial charge in [0.25, 0.3) is 0 Å². The van der Waals surface area contributed by atoms with Crippen LogP contribution in [0.4, 0.5) is 21.6 Å². The van der Waals surface area contributed by atoms with Crippen molar-refractivity contribution in [1.29, 1.82) is 0 Å². The molecular formula is C25H29FN4O6S. The zero-order valence-electron chi connectivity index (χ0n) is 20.8. The summed E-state index contributed by atoms with van der Waals surface area (Å²) in [7, 11) is -1.17. The first-order valence-electron chi connectivity index (χ1n) is 11.9. The highest BCUT2D eigenvalue weighted by Crippen LogP contribution is 2.41. The van der Waals surface area contributed by atoms with Crippen LogP contribution in [0, 0.1) is 12.7 Å². The van der Waals surface area contributed by atoms with Crippen LogP contribution >= 0.6 is 0 Å². The fourth-order valence-corrected chi connectivity index (χ4v) is 5.72. The molecule has 1 aromatic heterocycles. The Balaban J connectivity index is 1.53. The van der Waals surface area contributed by atoms with E-state index in [0.717, 1.165) is 6.42 Å². The van der Waals surface area contributed by atoms with Gasteiger partial charge in [-0.25, -0.2) is 18.6 Å². The summed E-state index contributed by atoms with van der Waals surface area (Å²) in [5.74, 6) is 0.777. The molecule has 198 valence electrons. The highest BCUT2D eigenvalue weighted by Gasteiger charge is 2.43. The van der Waals surface area contributed by atoms with Gasteiger partial charge in [-0.1, -0.05) is 0 Å². The largest absolute Gasteiger partial charge is 0.494 e. The first kappa shape index (κ1) is 25.6. The number of aryl methyl sites for hydroxylation is 1. The summed E-state index contributed by atoms with van der Waals surface area (Å²) in [6.07, 6.45) is 3.14. The number of aliphatic hydroxyl groups excluding tert-OH is 1. The first-order valence-corrected chi connectivity index (χ1v) is 14.0. The minimum Gasteiger partial charge on any atom is -0.494 e. The van der Waals surface area contributed by atoms with Crippen LogP contribution in [0.1, 0.15) is 12.0 Å². The van der Waals surface area contributed by atoms with E-state index < -0.39 is 15.5 Å². The summed E-state index contributed by atoms with van der Waals surface area (Å²) in [5.41, 5.74) is 2.10. The molecule has 2 N–H and O–H groups in total. The second kappa shape index (κ2) is 10.4. The molecule has 3 heterocycles. The average molecular weight is 533 g/mol. The van der Waals surface area contributed by atoms with Crippen LogP contribution in [0.5, 0.6) is 11.5 Å². The zero-order chi connectivity index (χ0) is 26.2. The number of rotatable bonds is 8. The molecule has 2 saturated heterocycles. The number of benzene rings is 2. The van der Waals surface area contributed by atoms with Gasteiger partial charge in [0.15, 0.2) is 6.10 Å². The van der Waals surface area contributed by atoms with Gasteiger partial charge in [-0.3, -0.25) is 0 Å². The Labute approximate surface area is 214 Å². The smallest absolute Gasteiger partial charge is 0.151 e. The van der Waals surface area contributed by atoms with Gasteiger partial charge in [0.05, 0.1) is 53.1 Å². The summed E-state index contributed by atoms with van der Waals surface area (Å²) in [4.78, 5) is 8.80. The Morgan fingerprint density at radius 1 is 1.30 bits per heavy atom. The molecule has 0 radical (unpaired) electrons. The van der Waals surface area contributed by atoms with E-state index in [1.807, 2.05) is 6.92 Å². The third kappa shape index (κ3) is 5.19. The molecule has 4 atom stereocenters. The minimum absolute atomic E-state index is 0.00862. The van der Waals surface area contributed by atoms with Crippen LogP contribution in [0.2, 0.25) is 0 Å². The third-order valence-corrected chi connectivity index (χ3v) is 7.98. The molecule has 3 aromatic rings. The molecule has 12 heteroatoms. The summed E-state index contributed by atoms with van der Waals surface area (Å²) < 4.78 is 54.7. The molecule has 2 fully saturated rings. The van der Waals surface area contributed by atoms with Crippen LogP contribution in [0.3, 0.4) is 0 Å². The van der Waals surface area contributed by atoms with Gasteiger partial charge in [-0.15, -0.1) is 0 Å². The highest BCUT2D eigenvalue weighted by molar-refractivity contribution is 7.93. The Morgan fingerprint density at radius 2 is 2.14 bits per heavy atom. The van der Waals surface area contributed by atoms with Crippen LogP contribution in [-0.2, 0) is 19.2 Å². The van der Waals surface area contributed by atoms with E-state index in [9.17, 15) is 13.7 Å². The predicted octanol–water partition coefficient (Wildman–Crippen LogP) is 3.49. The van der Waals surface area contributed by atoms with E-state index in [1.54, 1.807) is 12.1 Å². The number of methoxy groups -OCH3 is 1. The standard InChI is InChI=1S/C25H29FN4O6S/c1-14-22-17(11-18(23(14)33-2)30-37(3,32)9-7-31)27-13-28-25(22)29-16-5-4-15(26)10-20(16)36-21-12-35-19-6-8-34-24(19)21/h4-5,10-11,13,19,21,24,31H,6-9,12H2,1-3H3,(H,27,28,29)/t19-,21?,24+,37?/m1/s1. The van der Waals surface area contributed by atoms with Gasteiger partial charge in [-0.2, -0.15) is 4.36 Å². The summed E-state index contributed by atoms with van der Waals surface area (Å²) in [6, 6.07) is 5.91. The molecule has 2 aliphatic rings. The minimum atomic E-state index is -2.68. The Kier molecular flexibility index (Phi) is 7.17. The molecule has 0 bridgehead atoms. The van der Waals surface area contributed by atoms with Crippen molar-refractivity contribution >= 4 is 37.8 Å². The molecule has 0 saturated carbocycles. The second-order valence-corrected chi connectivity index (χ2v) is 11.6. The number of aromatic nitrogens is 2. The predicted molar refractivity (Wildman–Crippen MR) is 137 cm³/mol. The van der Waals surface area contributed by atoms with Crippen molar-refractivity contribution in [3.63, 3.8) is 0 Å². The molecule has 2 aromatic carbocycles. The number of halogens is 1. The van der Waals surface area contributed by atoms with Crippen LogP contribution in [0.15, 0.2) is 35.0 Å². The van der Waals surface area contributed by atoms with E-state index in [4.69, 9.17) is 18.9 Å². The van der Waals surface area contributed by atoms with Crippen molar-refractivity contribution in [2.24, 2.45) is 4.36 Å². The number of nitrogens with zero attached hydrogens (tertiary/aromatic N) is 3. The molecule has 0 spiro atoms. The number of hydrogen-bond acceptors (Lipinski definition) is 10. The molecule has 10 nitrogen and oxygen atoms in total. The van der Waals surface area contributed by atoms with Gasteiger partial charge < -0.3 is 29.4 Å². The third-order valence-electron chi connectivity index (χ3n) is 6.46. The van der Waals surface area contributed by atoms with E-state index in [0.29, 0.717) is 58.4 Å². The van der Waals surface area contributed by atoms with E-state index in [1.165, 1.54) is 31.8 Å². The zero-order valence-corrected chi connectivity index (χ0v) is 21.6. The lowest BCUT2D eigenvalue weighted by Gasteiger charge is -2.21. The van der Waals surface area contributed by atoms with Crippen LogP contribution < -0.4 is 14.8 Å². The maximum atomic E-state index is 14.2. The number of hydrogen-bond donors (Lipinski definition) is 2. The van der Waals surface area contributed by atoms with Crippen LogP contribution in [0.25, 0.3) is 10.9 Å². The van der Waals surface area contributed by atoms with E-state index >= 15 is 0 Å². The Hall–Kier alpha value is -3.06. The summed E-state index contributed by atoms with van der Waals surface area (Å²) in [6.45, 7) is 2.56. The highest BCUT2D eigenvalue weighted by atomic mass is 32.2. The number of nitrogens with one attached hydrogen (secondary N) is 1. The molecule has 0 amide bonds. The topological polar surface area (TPSA) is 124 Å². The van der Waals surface area contributed by atoms with Crippen molar-refractivity contribution in [2.45, 2.75) is 31.7 Å². The lowest BCUT2D eigenvalue weighted by molar-refractivity contribution is 0.0310. The van der Waals surface area contributed by atoms with Gasteiger partial charge in [0.2, 0.25) is 0 Å². The lowest BCUT2D eigenvalue weighted by Crippen LogP contribution is -2.32. The van der Waals surface area contributed by atoms with Crippen molar-refractivity contribution in [2.75, 3.05) is 44.3 Å². The number of anilines is 2. The number of aliphatic hydroxyl groups is 1. The lowest BCUT2D eigenvalue weighted by atomic mass is 10.1. The maximum Gasteiger partial charge on any atom is 0.151 e.